The molecule has 0 aromatic carbocycles. The van der Waals surface area contributed by atoms with E-state index in [0.29, 0.717) is 0 Å². The molecular weight excluding hydrogens is 164 g/mol. The van der Waals surface area contributed by atoms with Gasteiger partial charge in [-0.15, -0.1) is 0 Å². The topological polar surface area (TPSA) is 38.5 Å². The Labute approximate surface area is 80.2 Å². The van der Waals surface area contributed by atoms with E-state index in [-0.39, 0.29) is 5.54 Å². The van der Waals surface area contributed by atoms with Crippen molar-refractivity contribution in [3.05, 3.63) is 0 Å². The molecule has 0 atom stereocenters. The highest BCUT2D eigenvalue weighted by atomic mass is 16.5. The summed E-state index contributed by atoms with van der Waals surface area (Å²) in [5.74, 6) is 0. The maximum atomic E-state index is 5.83. The Morgan fingerprint density at radius 1 is 1.08 bits per heavy atom. The van der Waals surface area contributed by atoms with Gasteiger partial charge in [0, 0.05) is 6.54 Å². The molecule has 0 amide bonds. The van der Waals surface area contributed by atoms with E-state index in [4.69, 9.17) is 10.5 Å². The molecule has 0 aromatic rings. The van der Waals surface area contributed by atoms with Gasteiger partial charge in [0.15, 0.2) is 0 Å². The van der Waals surface area contributed by atoms with E-state index in [1.165, 1.54) is 38.8 Å². The van der Waals surface area contributed by atoms with E-state index in [9.17, 15) is 0 Å². The second-order valence-electron chi connectivity index (χ2n) is 4.32. The number of ether oxygens (including phenoxy) is 1. The minimum Gasteiger partial charge on any atom is -0.377 e. The Bertz CT molecular complexity index is 155. The van der Waals surface area contributed by atoms with E-state index >= 15 is 0 Å². The summed E-state index contributed by atoms with van der Waals surface area (Å²) < 4.78 is 5.30. The van der Waals surface area contributed by atoms with E-state index in [1.807, 2.05) is 0 Å². The van der Waals surface area contributed by atoms with Gasteiger partial charge in [-0.2, -0.15) is 0 Å². The predicted octanol–water partition coefficient (Wildman–Crippen LogP) is 0.590. The summed E-state index contributed by atoms with van der Waals surface area (Å²) in [6.07, 6.45) is 5.44. The molecule has 2 N–H and O–H groups in total. The highest BCUT2D eigenvalue weighted by Gasteiger charge is 2.42. The first-order chi connectivity index (χ1) is 6.37. The molecular formula is C10H20N2O. The van der Waals surface area contributed by atoms with Crippen LogP contribution in [0.25, 0.3) is 0 Å². The fraction of sp³-hybridized carbons (Fsp3) is 1.00. The van der Waals surface area contributed by atoms with Crippen molar-refractivity contribution < 1.29 is 4.74 Å². The fourth-order valence-electron chi connectivity index (χ4n) is 2.31. The molecule has 0 radical (unpaired) electrons. The van der Waals surface area contributed by atoms with Crippen LogP contribution in [0.4, 0.5) is 0 Å². The number of nitrogens with zero attached hydrogens (tertiary/aromatic N) is 1. The minimum absolute atomic E-state index is 0.213. The first-order valence-electron chi connectivity index (χ1n) is 5.40. The average Bonchev–Trinajstić information content (AvgIpc) is 2.32. The molecule has 2 fully saturated rings. The lowest BCUT2D eigenvalue weighted by atomic mass is 9.94. The van der Waals surface area contributed by atoms with Crippen LogP contribution in [0.2, 0.25) is 0 Å². The fourth-order valence-corrected chi connectivity index (χ4v) is 2.31. The van der Waals surface area contributed by atoms with Crippen molar-refractivity contribution >= 4 is 0 Å². The molecule has 0 unspecified atom stereocenters. The number of hydrogen-bond acceptors (Lipinski definition) is 3. The van der Waals surface area contributed by atoms with Gasteiger partial charge >= 0.3 is 0 Å². The number of hydrogen-bond donors (Lipinski definition) is 1. The van der Waals surface area contributed by atoms with Crippen molar-refractivity contribution in [3.63, 3.8) is 0 Å². The summed E-state index contributed by atoms with van der Waals surface area (Å²) in [6.45, 7) is 4.90. The average molecular weight is 184 g/mol. The van der Waals surface area contributed by atoms with Crippen LogP contribution < -0.4 is 5.73 Å². The van der Waals surface area contributed by atoms with Gasteiger partial charge in [-0.25, -0.2) is 0 Å². The molecule has 0 spiro atoms. The lowest BCUT2D eigenvalue weighted by molar-refractivity contribution is -0.134. The zero-order valence-corrected chi connectivity index (χ0v) is 8.30. The molecule has 0 saturated carbocycles. The van der Waals surface area contributed by atoms with Gasteiger partial charge < -0.3 is 10.5 Å². The predicted molar refractivity (Wildman–Crippen MR) is 52.6 cm³/mol. The Kier molecular flexibility index (Phi) is 2.86. The summed E-state index contributed by atoms with van der Waals surface area (Å²) in [7, 11) is 0. The monoisotopic (exact) mass is 184 g/mol. The number of rotatable bonds is 2. The molecule has 76 valence electrons. The van der Waals surface area contributed by atoms with Crippen LogP contribution in [0.15, 0.2) is 0 Å². The smallest absolute Gasteiger partial charge is 0.0802 e. The van der Waals surface area contributed by atoms with Crippen LogP contribution in [-0.4, -0.2) is 43.3 Å². The van der Waals surface area contributed by atoms with Gasteiger partial charge in [-0.1, -0.05) is 12.8 Å². The SMILES string of the molecule is NCC1(N2CCCCCC2)COC1. The molecule has 2 aliphatic rings. The first-order valence-corrected chi connectivity index (χ1v) is 5.40. The van der Waals surface area contributed by atoms with Crippen LogP contribution in [0, 0.1) is 0 Å². The zero-order chi connectivity index (χ0) is 9.15. The molecule has 3 nitrogen and oxygen atoms in total. The van der Waals surface area contributed by atoms with Crippen LogP contribution in [0.5, 0.6) is 0 Å². The molecule has 3 heteroatoms. The van der Waals surface area contributed by atoms with Crippen LogP contribution in [-0.2, 0) is 4.74 Å². The van der Waals surface area contributed by atoms with Gasteiger partial charge in [-0.3, -0.25) is 4.90 Å². The number of likely N-dealkylation sites (tertiary alicyclic amines) is 1. The van der Waals surface area contributed by atoms with Crippen molar-refractivity contribution in [1.29, 1.82) is 0 Å². The summed E-state index contributed by atoms with van der Waals surface area (Å²) in [5, 5.41) is 0. The first kappa shape index (κ1) is 9.44. The van der Waals surface area contributed by atoms with Crippen LogP contribution in [0.1, 0.15) is 25.7 Å². The maximum absolute atomic E-state index is 5.83. The Hall–Kier alpha value is -0.120. The van der Waals surface area contributed by atoms with Gasteiger partial charge in [0.2, 0.25) is 0 Å². The lowest BCUT2D eigenvalue weighted by Gasteiger charge is -2.48. The Morgan fingerprint density at radius 3 is 2.08 bits per heavy atom. The zero-order valence-electron chi connectivity index (χ0n) is 8.30. The van der Waals surface area contributed by atoms with Crippen molar-refractivity contribution in [2.45, 2.75) is 31.2 Å². The highest BCUT2D eigenvalue weighted by molar-refractivity contribution is 4.97. The van der Waals surface area contributed by atoms with E-state index in [2.05, 4.69) is 4.90 Å². The summed E-state index contributed by atoms with van der Waals surface area (Å²) in [6, 6.07) is 0. The largest absolute Gasteiger partial charge is 0.377 e. The molecule has 2 aliphatic heterocycles. The van der Waals surface area contributed by atoms with Crippen molar-refractivity contribution in [2.75, 3.05) is 32.8 Å². The standard InChI is InChI=1S/C10H20N2O/c11-7-10(8-13-9-10)12-5-3-1-2-4-6-12/h1-9,11H2. The van der Waals surface area contributed by atoms with Crippen LogP contribution >= 0.6 is 0 Å². The second kappa shape index (κ2) is 3.95. The summed E-state index contributed by atoms with van der Waals surface area (Å²) >= 11 is 0. The molecule has 0 aromatic heterocycles. The Balaban J connectivity index is 1.95. The molecule has 13 heavy (non-hydrogen) atoms. The van der Waals surface area contributed by atoms with Crippen molar-refractivity contribution in [1.82, 2.24) is 4.90 Å². The van der Waals surface area contributed by atoms with Crippen LogP contribution in [0.3, 0.4) is 0 Å². The summed E-state index contributed by atoms with van der Waals surface area (Å²) in [4.78, 5) is 2.56. The third-order valence-electron chi connectivity index (χ3n) is 3.40. The van der Waals surface area contributed by atoms with E-state index in [0.717, 1.165) is 19.8 Å². The minimum atomic E-state index is 0.213. The van der Waals surface area contributed by atoms with Crippen molar-refractivity contribution in [3.8, 4) is 0 Å². The third kappa shape index (κ3) is 1.73. The van der Waals surface area contributed by atoms with Gasteiger partial charge in [0.1, 0.15) is 0 Å². The normalized spacial score (nSPS) is 29.3. The molecule has 0 aliphatic carbocycles. The highest BCUT2D eigenvalue weighted by Crippen LogP contribution is 2.26. The second-order valence-corrected chi connectivity index (χ2v) is 4.32. The quantitative estimate of drug-likeness (QED) is 0.682. The molecule has 2 saturated heterocycles. The molecule has 2 rings (SSSR count). The van der Waals surface area contributed by atoms with E-state index < -0.39 is 0 Å². The maximum Gasteiger partial charge on any atom is 0.0802 e. The number of nitrogens with two attached hydrogens (primary N) is 1. The van der Waals surface area contributed by atoms with Gasteiger partial charge in [-0.05, 0) is 25.9 Å². The van der Waals surface area contributed by atoms with Crippen molar-refractivity contribution in [2.24, 2.45) is 5.73 Å². The third-order valence-corrected chi connectivity index (χ3v) is 3.40. The van der Waals surface area contributed by atoms with Gasteiger partial charge in [0.25, 0.3) is 0 Å². The summed E-state index contributed by atoms with van der Waals surface area (Å²) in [5.41, 5.74) is 6.04. The van der Waals surface area contributed by atoms with E-state index in [1.54, 1.807) is 0 Å². The lowest BCUT2D eigenvalue weighted by Crippen LogP contribution is -2.66. The molecule has 2 heterocycles. The Morgan fingerprint density at radius 2 is 1.69 bits per heavy atom. The van der Waals surface area contributed by atoms with Gasteiger partial charge in [0.05, 0.1) is 18.8 Å². The molecule has 0 bridgehead atoms.